The van der Waals surface area contributed by atoms with Crippen LogP contribution in [0, 0.1) is 17.5 Å². The molecule has 0 radical (unpaired) electrons. The molecule has 0 bridgehead atoms. The van der Waals surface area contributed by atoms with Crippen LogP contribution in [0.4, 0.5) is 13.2 Å². The van der Waals surface area contributed by atoms with E-state index in [4.69, 9.17) is 11.6 Å². The summed E-state index contributed by atoms with van der Waals surface area (Å²) in [4.78, 5) is 0. The van der Waals surface area contributed by atoms with Crippen LogP contribution in [0.15, 0.2) is 36.4 Å². The Labute approximate surface area is 126 Å². The molecule has 0 fully saturated rings. The molecular weight excluding hydrogens is 299 g/mol. The molecule has 0 aliphatic carbocycles. The molecule has 0 aromatic heterocycles. The maximum atomic E-state index is 13.2. The summed E-state index contributed by atoms with van der Waals surface area (Å²) in [6, 6.07) is 9.39. The van der Waals surface area contributed by atoms with Crippen molar-refractivity contribution in [2.45, 2.75) is 25.9 Å². The van der Waals surface area contributed by atoms with E-state index in [0.717, 1.165) is 24.1 Å². The quantitative estimate of drug-likeness (QED) is 0.766. The number of nitrogens with one attached hydrogen (secondary N) is 1. The van der Waals surface area contributed by atoms with Crippen LogP contribution in [0.1, 0.15) is 30.5 Å². The third-order valence-corrected chi connectivity index (χ3v) is 3.49. The van der Waals surface area contributed by atoms with Crippen LogP contribution in [0.3, 0.4) is 0 Å². The van der Waals surface area contributed by atoms with E-state index in [1.165, 1.54) is 0 Å². The highest BCUT2D eigenvalue weighted by molar-refractivity contribution is 6.30. The summed E-state index contributed by atoms with van der Waals surface area (Å²) in [5, 5.41) is 3.82. The van der Waals surface area contributed by atoms with E-state index in [0.29, 0.717) is 10.6 Å². The normalized spacial score (nSPS) is 12.4. The van der Waals surface area contributed by atoms with Crippen molar-refractivity contribution in [1.82, 2.24) is 5.32 Å². The highest BCUT2D eigenvalue weighted by atomic mass is 35.5. The minimum atomic E-state index is -1.44. The molecule has 112 valence electrons. The van der Waals surface area contributed by atoms with Crippen LogP contribution in [0.5, 0.6) is 0 Å². The second-order valence-corrected chi connectivity index (χ2v) is 5.21. The first-order valence-corrected chi connectivity index (χ1v) is 7.01. The van der Waals surface area contributed by atoms with Crippen molar-refractivity contribution in [2.24, 2.45) is 0 Å². The van der Waals surface area contributed by atoms with Crippen LogP contribution in [-0.2, 0) is 6.54 Å². The van der Waals surface area contributed by atoms with Gasteiger partial charge in [0.1, 0.15) is 0 Å². The molecule has 2 rings (SSSR count). The Morgan fingerprint density at radius 2 is 1.76 bits per heavy atom. The van der Waals surface area contributed by atoms with Crippen LogP contribution < -0.4 is 5.32 Å². The number of hydrogen-bond acceptors (Lipinski definition) is 1. The molecule has 1 N–H and O–H groups in total. The highest BCUT2D eigenvalue weighted by Gasteiger charge is 2.13. The summed E-state index contributed by atoms with van der Waals surface area (Å²) in [5.74, 6) is -3.80. The van der Waals surface area contributed by atoms with Crippen LogP contribution >= 0.6 is 11.6 Å². The van der Waals surface area contributed by atoms with Crippen molar-refractivity contribution in [1.29, 1.82) is 0 Å². The van der Waals surface area contributed by atoms with Gasteiger partial charge in [0.2, 0.25) is 0 Å². The van der Waals surface area contributed by atoms with E-state index in [9.17, 15) is 13.2 Å². The topological polar surface area (TPSA) is 12.0 Å². The monoisotopic (exact) mass is 313 g/mol. The zero-order valence-electron chi connectivity index (χ0n) is 11.5. The van der Waals surface area contributed by atoms with Crippen molar-refractivity contribution in [2.75, 3.05) is 0 Å². The second-order valence-electron chi connectivity index (χ2n) is 4.77. The van der Waals surface area contributed by atoms with Gasteiger partial charge in [0.05, 0.1) is 0 Å². The maximum absolute atomic E-state index is 13.2. The summed E-state index contributed by atoms with van der Waals surface area (Å²) in [6.07, 6.45) is 0.784. The molecule has 2 aromatic carbocycles. The Kier molecular flexibility index (Phi) is 5.26. The fourth-order valence-corrected chi connectivity index (χ4v) is 2.37. The van der Waals surface area contributed by atoms with Crippen molar-refractivity contribution in [3.8, 4) is 0 Å². The van der Waals surface area contributed by atoms with Crippen molar-refractivity contribution < 1.29 is 13.2 Å². The predicted molar refractivity (Wildman–Crippen MR) is 77.6 cm³/mol. The van der Waals surface area contributed by atoms with Crippen LogP contribution in [0.25, 0.3) is 0 Å². The molecular formula is C16H15ClF3N. The van der Waals surface area contributed by atoms with Crippen molar-refractivity contribution in [3.05, 3.63) is 70.0 Å². The van der Waals surface area contributed by atoms with E-state index in [-0.39, 0.29) is 12.6 Å². The first-order chi connectivity index (χ1) is 10.0. The summed E-state index contributed by atoms with van der Waals surface area (Å²) < 4.78 is 39.2. The third kappa shape index (κ3) is 3.99. The van der Waals surface area contributed by atoms with Crippen LogP contribution in [-0.4, -0.2) is 0 Å². The molecule has 0 spiro atoms. The number of rotatable bonds is 5. The smallest absolute Gasteiger partial charge is 0.194 e. The van der Waals surface area contributed by atoms with Crippen molar-refractivity contribution in [3.63, 3.8) is 0 Å². The number of hydrogen-bond donors (Lipinski definition) is 1. The van der Waals surface area contributed by atoms with E-state index in [1.54, 1.807) is 6.07 Å². The van der Waals surface area contributed by atoms with Gasteiger partial charge in [-0.3, -0.25) is 0 Å². The van der Waals surface area contributed by atoms with E-state index in [2.05, 4.69) is 5.32 Å². The van der Waals surface area contributed by atoms with E-state index >= 15 is 0 Å². The first kappa shape index (κ1) is 15.9. The SMILES string of the molecule is CCC(NCc1cc(F)c(F)c(F)c1)c1cccc(Cl)c1. The lowest BCUT2D eigenvalue weighted by atomic mass is 10.0. The van der Waals surface area contributed by atoms with Gasteiger partial charge in [0, 0.05) is 17.6 Å². The van der Waals surface area contributed by atoms with Gasteiger partial charge in [0.15, 0.2) is 17.5 Å². The minimum absolute atomic E-state index is 0.000115. The van der Waals surface area contributed by atoms with Gasteiger partial charge in [-0.25, -0.2) is 13.2 Å². The van der Waals surface area contributed by atoms with Gasteiger partial charge in [-0.05, 0) is 41.8 Å². The minimum Gasteiger partial charge on any atom is -0.306 e. The Balaban J connectivity index is 2.10. The second kappa shape index (κ2) is 6.96. The van der Waals surface area contributed by atoms with Gasteiger partial charge in [-0.2, -0.15) is 0 Å². The Hall–Kier alpha value is -1.52. The molecule has 1 unspecified atom stereocenters. The largest absolute Gasteiger partial charge is 0.306 e. The Bertz CT molecular complexity index is 608. The number of benzene rings is 2. The summed E-state index contributed by atoms with van der Waals surface area (Å²) in [7, 11) is 0. The summed E-state index contributed by atoms with van der Waals surface area (Å²) in [6.45, 7) is 2.23. The van der Waals surface area contributed by atoms with Crippen molar-refractivity contribution >= 4 is 11.6 Å². The van der Waals surface area contributed by atoms with Gasteiger partial charge < -0.3 is 5.32 Å². The molecule has 0 aliphatic rings. The molecule has 2 aromatic rings. The molecule has 0 aliphatic heterocycles. The summed E-state index contributed by atoms with van der Waals surface area (Å²) >= 11 is 5.95. The van der Waals surface area contributed by atoms with E-state index in [1.807, 2.05) is 25.1 Å². The Morgan fingerprint density at radius 1 is 1.10 bits per heavy atom. The molecule has 0 amide bonds. The lowest BCUT2D eigenvalue weighted by Gasteiger charge is -2.18. The lowest BCUT2D eigenvalue weighted by Crippen LogP contribution is -2.20. The molecule has 1 nitrogen and oxygen atoms in total. The van der Waals surface area contributed by atoms with E-state index < -0.39 is 17.5 Å². The molecule has 0 heterocycles. The van der Waals surface area contributed by atoms with Gasteiger partial charge in [0.25, 0.3) is 0 Å². The van der Waals surface area contributed by atoms with Gasteiger partial charge in [-0.1, -0.05) is 30.7 Å². The molecule has 0 saturated heterocycles. The zero-order chi connectivity index (χ0) is 15.4. The average molecular weight is 314 g/mol. The zero-order valence-corrected chi connectivity index (χ0v) is 12.2. The molecule has 21 heavy (non-hydrogen) atoms. The third-order valence-electron chi connectivity index (χ3n) is 3.26. The van der Waals surface area contributed by atoms with Gasteiger partial charge in [-0.15, -0.1) is 0 Å². The first-order valence-electron chi connectivity index (χ1n) is 6.63. The fraction of sp³-hybridized carbons (Fsp3) is 0.250. The fourth-order valence-electron chi connectivity index (χ4n) is 2.17. The maximum Gasteiger partial charge on any atom is 0.194 e. The average Bonchev–Trinajstić information content (AvgIpc) is 2.45. The highest BCUT2D eigenvalue weighted by Crippen LogP contribution is 2.21. The molecule has 0 saturated carbocycles. The molecule has 5 heteroatoms. The number of halogens is 4. The standard InChI is InChI=1S/C16H15ClF3N/c1-2-15(11-4-3-5-12(17)8-11)21-9-10-6-13(18)16(20)14(19)7-10/h3-8,15,21H,2,9H2,1H3. The van der Waals surface area contributed by atoms with Gasteiger partial charge >= 0.3 is 0 Å². The molecule has 1 atom stereocenters. The van der Waals surface area contributed by atoms with Crippen LogP contribution in [0.2, 0.25) is 5.02 Å². The Morgan fingerprint density at radius 3 is 2.33 bits per heavy atom. The lowest BCUT2D eigenvalue weighted by molar-refractivity contribution is 0.442. The predicted octanol–water partition coefficient (Wildman–Crippen LogP) is 5.00. The summed E-state index contributed by atoms with van der Waals surface area (Å²) in [5.41, 5.74) is 1.35.